The highest BCUT2D eigenvalue weighted by atomic mass is 32.1. The number of thiazole rings is 1. The van der Waals surface area contributed by atoms with Gasteiger partial charge in [0.2, 0.25) is 0 Å². The van der Waals surface area contributed by atoms with Crippen molar-refractivity contribution in [3.63, 3.8) is 0 Å². The molecule has 0 radical (unpaired) electrons. The molecule has 0 atom stereocenters. The van der Waals surface area contributed by atoms with Crippen LogP contribution in [0, 0.1) is 17.0 Å². The van der Waals surface area contributed by atoms with Crippen molar-refractivity contribution in [2.24, 2.45) is 0 Å². The number of nitrogens with zero attached hydrogens (tertiary/aromatic N) is 3. The average Bonchev–Trinajstić information content (AvgIpc) is 3.42. The van der Waals surface area contributed by atoms with E-state index in [0.29, 0.717) is 33.3 Å². The SMILES string of the molecule is COC(=O)C1=C(C)NC(C)=C(C(=O)OC)C1c1c(-c2cc(OC)c([N+](=O)[O-])cc2OC)nc2sc(C)cn12. The molecule has 200 valence electrons. The topological polar surface area (TPSA) is 144 Å². The van der Waals surface area contributed by atoms with E-state index in [2.05, 4.69) is 5.32 Å². The minimum atomic E-state index is -0.957. The maximum absolute atomic E-state index is 13.1. The number of dihydropyridines is 1. The fourth-order valence-electron chi connectivity index (χ4n) is 4.68. The number of methoxy groups -OCH3 is 4. The standard InChI is InChI=1S/C25H26N4O8S/c1-11-10-28-22(20-18(23(30)36-6)12(2)26-13(3)19(20)24(31)37-7)21(27-25(28)38-11)14-8-17(35-5)15(29(32)33)9-16(14)34-4/h8-10,20,26H,1-7H3. The van der Waals surface area contributed by atoms with Gasteiger partial charge in [-0.15, -0.1) is 11.3 Å². The third kappa shape index (κ3) is 4.24. The van der Waals surface area contributed by atoms with Crippen LogP contribution in [0.25, 0.3) is 16.2 Å². The monoisotopic (exact) mass is 542 g/mol. The molecule has 0 spiro atoms. The van der Waals surface area contributed by atoms with E-state index < -0.39 is 22.8 Å². The van der Waals surface area contributed by atoms with Crippen LogP contribution in [0.15, 0.2) is 40.9 Å². The Balaban J connectivity index is 2.15. The summed E-state index contributed by atoms with van der Waals surface area (Å²) in [7, 11) is 5.23. The zero-order chi connectivity index (χ0) is 27.9. The number of hydrogen-bond donors (Lipinski definition) is 1. The first-order chi connectivity index (χ1) is 18.1. The molecule has 0 saturated heterocycles. The highest BCUT2D eigenvalue weighted by Crippen LogP contribution is 2.47. The number of nitrogens with one attached hydrogen (secondary N) is 1. The third-order valence-corrected chi connectivity index (χ3v) is 7.17. The zero-order valence-corrected chi connectivity index (χ0v) is 22.6. The van der Waals surface area contributed by atoms with E-state index in [9.17, 15) is 19.7 Å². The van der Waals surface area contributed by atoms with Gasteiger partial charge in [0.05, 0.1) is 67.9 Å². The van der Waals surface area contributed by atoms with Crippen LogP contribution >= 0.6 is 11.3 Å². The smallest absolute Gasteiger partial charge is 0.336 e. The number of carbonyl (C=O) groups excluding carboxylic acids is 2. The van der Waals surface area contributed by atoms with Gasteiger partial charge in [0, 0.05) is 34.1 Å². The van der Waals surface area contributed by atoms with E-state index in [1.807, 2.05) is 13.1 Å². The predicted molar refractivity (Wildman–Crippen MR) is 138 cm³/mol. The first-order valence-electron chi connectivity index (χ1n) is 11.3. The molecule has 2 aromatic heterocycles. The minimum Gasteiger partial charge on any atom is -0.496 e. The molecule has 12 nitrogen and oxygen atoms in total. The molecule has 0 aliphatic carbocycles. The van der Waals surface area contributed by atoms with Crippen molar-refractivity contribution in [3.05, 3.63) is 61.6 Å². The average molecular weight is 543 g/mol. The maximum Gasteiger partial charge on any atom is 0.336 e. The molecule has 38 heavy (non-hydrogen) atoms. The molecule has 4 rings (SSSR count). The van der Waals surface area contributed by atoms with Crippen LogP contribution in [0.4, 0.5) is 5.69 Å². The number of aryl methyl sites for hydroxylation is 1. The van der Waals surface area contributed by atoms with Gasteiger partial charge in [-0.25, -0.2) is 14.6 Å². The molecular formula is C25H26N4O8S. The lowest BCUT2D eigenvalue weighted by atomic mass is 9.81. The molecule has 1 aromatic carbocycles. The number of ether oxygens (including phenoxy) is 4. The van der Waals surface area contributed by atoms with E-state index in [4.69, 9.17) is 23.9 Å². The molecule has 0 fully saturated rings. The summed E-state index contributed by atoms with van der Waals surface area (Å²) in [6, 6.07) is 2.72. The second kappa shape index (κ2) is 10.2. The number of imidazole rings is 1. The van der Waals surface area contributed by atoms with Crippen molar-refractivity contribution < 1.29 is 33.5 Å². The lowest BCUT2D eigenvalue weighted by molar-refractivity contribution is -0.385. The van der Waals surface area contributed by atoms with Gasteiger partial charge in [-0.05, 0) is 20.8 Å². The predicted octanol–water partition coefficient (Wildman–Crippen LogP) is 3.88. The number of carbonyl (C=O) groups is 2. The lowest BCUT2D eigenvalue weighted by Crippen LogP contribution is -2.32. The number of hydrogen-bond acceptors (Lipinski definition) is 11. The highest BCUT2D eigenvalue weighted by Gasteiger charge is 2.42. The number of benzene rings is 1. The van der Waals surface area contributed by atoms with Gasteiger partial charge in [0.25, 0.3) is 0 Å². The molecule has 1 aliphatic rings. The fraction of sp³-hybridized carbons (Fsp3) is 0.320. The summed E-state index contributed by atoms with van der Waals surface area (Å²) in [5, 5.41) is 14.7. The quantitative estimate of drug-likeness (QED) is 0.265. The van der Waals surface area contributed by atoms with Gasteiger partial charge < -0.3 is 24.3 Å². The van der Waals surface area contributed by atoms with Crippen molar-refractivity contribution in [1.29, 1.82) is 0 Å². The Morgan fingerprint density at radius 2 is 1.58 bits per heavy atom. The number of nitro benzene ring substituents is 1. The van der Waals surface area contributed by atoms with E-state index >= 15 is 0 Å². The van der Waals surface area contributed by atoms with E-state index in [-0.39, 0.29) is 28.3 Å². The molecule has 1 N–H and O–H groups in total. The van der Waals surface area contributed by atoms with Crippen LogP contribution < -0.4 is 14.8 Å². The Hall–Kier alpha value is -4.39. The van der Waals surface area contributed by atoms with Crippen LogP contribution in [0.2, 0.25) is 0 Å². The molecule has 13 heteroatoms. The van der Waals surface area contributed by atoms with Gasteiger partial charge in [0.15, 0.2) is 10.7 Å². The van der Waals surface area contributed by atoms with E-state index in [1.54, 1.807) is 18.2 Å². The second-order valence-corrected chi connectivity index (χ2v) is 9.65. The number of fused-ring (bicyclic) bond motifs is 1. The van der Waals surface area contributed by atoms with Crippen molar-refractivity contribution in [3.8, 4) is 22.8 Å². The van der Waals surface area contributed by atoms with Gasteiger partial charge in [-0.3, -0.25) is 14.5 Å². The summed E-state index contributed by atoms with van der Waals surface area (Å²) < 4.78 is 22.9. The molecule has 0 amide bonds. The first kappa shape index (κ1) is 26.7. The van der Waals surface area contributed by atoms with Gasteiger partial charge in [-0.1, -0.05) is 0 Å². The summed E-state index contributed by atoms with van der Waals surface area (Å²) in [6.45, 7) is 5.33. The molecule has 1 aliphatic heterocycles. The van der Waals surface area contributed by atoms with Crippen molar-refractivity contribution in [2.45, 2.75) is 26.7 Å². The Kier molecular flexibility index (Phi) is 7.14. The number of aromatic nitrogens is 2. The number of rotatable bonds is 7. The summed E-state index contributed by atoms with van der Waals surface area (Å²) >= 11 is 1.40. The van der Waals surface area contributed by atoms with Crippen LogP contribution in [0.1, 0.15) is 30.3 Å². The van der Waals surface area contributed by atoms with E-state index in [0.717, 1.165) is 4.88 Å². The molecule has 0 bridgehead atoms. The molecule has 3 aromatic rings. The van der Waals surface area contributed by atoms with Crippen LogP contribution in [0.5, 0.6) is 11.5 Å². The second-order valence-electron chi connectivity index (χ2n) is 8.44. The summed E-state index contributed by atoms with van der Waals surface area (Å²) in [4.78, 5) is 43.7. The number of nitro groups is 1. The normalized spacial score (nSPS) is 14.0. The van der Waals surface area contributed by atoms with Crippen LogP contribution in [-0.4, -0.2) is 54.7 Å². The lowest BCUT2D eigenvalue weighted by Gasteiger charge is -2.30. The summed E-state index contributed by atoms with van der Waals surface area (Å²) in [5.74, 6) is -2.09. The highest BCUT2D eigenvalue weighted by molar-refractivity contribution is 7.17. The fourth-order valence-corrected chi connectivity index (χ4v) is 5.52. The van der Waals surface area contributed by atoms with Crippen molar-refractivity contribution >= 4 is 33.9 Å². The largest absolute Gasteiger partial charge is 0.496 e. The molecule has 0 unspecified atom stereocenters. The first-order valence-corrected chi connectivity index (χ1v) is 12.1. The Morgan fingerprint density at radius 1 is 1.00 bits per heavy atom. The Bertz CT molecular complexity index is 1510. The molecule has 3 heterocycles. The Morgan fingerprint density at radius 3 is 2.08 bits per heavy atom. The van der Waals surface area contributed by atoms with Gasteiger partial charge in [-0.2, -0.15) is 0 Å². The third-order valence-electron chi connectivity index (χ3n) is 6.28. The summed E-state index contributed by atoms with van der Waals surface area (Å²) in [5.41, 5.74) is 2.26. The number of allylic oxidation sites excluding steroid dienone is 2. The van der Waals surface area contributed by atoms with Crippen molar-refractivity contribution in [2.75, 3.05) is 28.4 Å². The number of esters is 2. The molecule has 0 saturated carbocycles. The molecular weight excluding hydrogens is 516 g/mol. The minimum absolute atomic E-state index is 0.00516. The van der Waals surface area contributed by atoms with Gasteiger partial charge >= 0.3 is 17.6 Å². The van der Waals surface area contributed by atoms with Crippen LogP contribution in [-0.2, 0) is 19.1 Å². The summed E-state index contributed by atoms with van der Waals surface area (Å²) in [6.07, 6.45) is 1.84. The van der Waals surface area contributed by atoms with E-state index in [1.165, 1.54) is 51.9 Å². The van der Waals surface area contributed by atoms with Crippen LogP contribution in [0.3, 0.4) is 0 Å². The zero-order valence-electron chi connectivity index (χ0n) is 21.8. The Labute approximate surface area is 221 Å². The maximum atomic E-state index is 13.1. The van der Waals surface area contributed by atoms with Crippen molar-refractivity contribution in [1.82, 2.24) is 14.7 Å². The van der Waals surface area contributed by atoms with Gasteiger partial charge in [0.1, 0.15) is 5.75 Å².